The van der Waals surface area contributed by atoms with Crippen molar-refractivity contribution in [3.05, 3.63) is 0 Å². The molecule has 0 amide bonds. The van der Waals surface area contributed by atoms with Gasteiger partial charge in [0.2, 0.25) is 0 Å². The van der Waals surface area contributed by atoms with E-state index in [-0.39, 0.29) is 5.60 Å². The number of rotatable bonds is 1. The van der Waals surface area contributed by atoms with Crippen molar-refractivity contribution < 1.29 is 14.9 Å². The fourth-order valence-corrected chi connectivity index (χ4v) is 2.70. The Labute approximate surface area is 71.3 Å². The van der Waals surface area contributed by atoms with Gasteiger partial charge in [-0.25, -0.2) is 0 Å². The Balaban J connectivity index is 1.90. The smallest absolute Gasteiger partial charge is 0.122 e. The average molecular weight is 170 g/mol. The van der Waals surface area contributed by atoms with Crippen molar-refractivity contribution in [1.82, 2.24) is 0 Å². The zero-order valence-electron chi connectivity index (χ0n) is 7.05. The summed E-state index contributed by atoms with van der Waals surface area (Å²) in [6.45, 7) is 0.748. The molecule has 3 heteroatoms. The average Bonchev–Trinajstić information content (AvgIpc) is 2.62. The summed E-state index contributed by atoms with van der Waals surface area (Å²) in [5.41, 5.74) is -2.05. The molecular weight excluding hydrogens is 156 g/mol. The summed E-state index contributed by atoms with van der Waals surface area (Å²) in [6.07, 6.45) is 4.05. The summed E-state index contributed by atoms with van der Waals surface area (Å²) in [7, 11) is 0. The van der Waals surface area contributed by atoms with Crippen molar-refractivity contribution in [2.75, 3.05) is 6.61 Å². The van der Waals surface area contributed by atoms with E-state index >= 15 is 0 Å². The van der Waals surface area contributed by atoms with E-state index in [1.165, 1.54) is 0 Å². The molecule has 0 aromatic carbocycles. The number of aliphatic hydroxyl groups is 2. The van der Waals surface area contributed by atoms with E-state index in [4.69, 9.17) is 4.74 Å². The molecule has 0 aromatic rings. The van der Waals surface area contributed by atoms with Gasteiger partial charge in [0, 0.05) is 6.42 Å². The van der Waals surface area contributed by atoms with Crippen molar-refractivity contribution in [2.24, 2.45) is 0 Å². The molecule has 0 bridgehead atoms. The van der Waals surface area contributed by atoms with E-state index < -0.39 is 11.2 Å². The molecule has 1 spiro atoms. The van der Waals surface area contributed by atoms with Crippen LogP contribution in [0.4, 0.5) is 0 Å². The van der Waals surface area contributed by atoms with Crippen LogP contribution in [0.1, 0.15) is 32.1 Å². The first-order valence-corrected chi connectivity index (χ1v) is 4.71. The van der Waals surface area contributed by atoms with Gasteiger partial charge >= 0.3 is 0 Å². The summed E-state index contributed by atoms with van der Waals surface area (Å²) in [5, 5.41) is 20.1. The monoisotopic (exact) mass is 170 g/mol. The van der Waals surface area contributed by atoms with E-state index in [2.05, 4.69) is 0 Å². The summed E-state index contributed by atoms with van der Waals surface area (Å²) in [6, 6.07) is 0. The minimum absolute atomic E-state index is 0.349. The van der Waals surface area contributed by atoms with Crippen LogP contribution in [0.25, 0.3) is 0 Å². The fraction of sp³-hybridized carbons (Fsp3) is 1.00. The van der Waals surface area contributed by atoms with Gasteiger partial charge in [-0.3, -0.25) is 0 Å². The van der Waals surface area contributed by atoms with Crippen molar-refractivity contribution in [2.45, 2.75) is 48.9 Å². The van der Waals surface area contributed by atoms with Crippen LogP contribution < -0.4 is 0 Å². The van der Waals surface area contributed by atoms with E-state index in [0.29, 0.717) is 6.42 Å². The standard InChI is InChI=1S/C9H14O3/c10-7(1-2-7)9(11)4-3-8(9)5-6-12-8/h10-11H,1-6H2. The molecule has 3 nitrogen and oxygen atoms in total. The van der Waals surface area contributed by atoms with Crippen molar-refractivity contribution in [1.29, 1.82) is 0 Å². The van der Waals surface area contributed by atoms with Crippen LogP contribution in [0.5, 0.6) is 0 Å². The molecule has 2 saturated carbocycles. The first-order valence-electron chi connectivity index (χ1n) is 4.71. The van der Waals surface area contributed by atoms with Crippen LogP contribution in [-0.2, 0) is 4.74 Å². The molecule has 3 aliphatic rings. The maximum atomic E-state index is 10.2. The number of ether oxygens (including phenoxy) is 1. The van der Waals surface area contributed by atoms with Gasteiger partial charge in [-0.05, 0) is 25.7 Å². The maximum absolute atomic E-state index is 10.2. The second-order valence-electron chi connectivity index (χ2n) is 4.48. The number of hydrogen-bond acceptors (Lipinski definition) is 3. The Morgan fingerprint density at radius 3 is 1.83 bits per heavy atom. The topological polar surface area (TPSA) is 49.7 Å². The van der Waals surface area contributed by atoms with E-state index in [1.807, 2.05) is 0 Å². The lowest BCUT2D eigenvalue weighted by Gasteiger charge is -2.62. The quantitative estimate of drug-likeness (QED) is 0.591. The third-order valence-corrected chi connectivity index (χ3v) is 4.02. The third-order valence-electron chi connectivity index (χ3n) is 4.02. The van der Waals surface area contributed by atoms with Gasteiger partial charge in [0.05, 0.1) is 12.2 Å². The lowest BCUT2D eigenvalue weighted by molar-refractivity contribution is -0.338. The van der Waals surface area contributed by atoms with Gasteiger partial charge in [0.1, 0.15) is 11.2 Å². The molecule has 68 valence electrons. The highest BCUT2D eigenvalue weighted by atomic mass is 16.5. The minimum atomic E-state index is -0.905. The van der Waals surface area contributed by atoms with E-state index in [9.17, 15) is 10.2 Å². The molecule has 0 radical (unpaired) electrons. The Kier molecular flexibility index (Phi) is 1.04. The third kappa shape index (κ3) is 0.543. The molecule has 3 rings (SSSR count). The second-order valence-corrected chi connectivity index (χ2v) is 4.48. The van der Waals surface area contributed by atoms with Crippen LogP contribution in [-0.4, -0.2) is 33.6 Å². The highest BCUT2D eigenvalue weighted by Gasteiger charge is 2.74. The van der Waals surface area contributed by atoms with Gasteiger partial charge in [-0.1, -0.05) is 0 Å². The Hall–Kier alpha value is -0.120. The van der Waals surface area contributed by atoms with Crippen molar-refractivity contribution in [3.63, 3.8) is 0 Å². The summed E-state index contributed by atoms with van der Waals surface area (Å²) in [5.74, 6) is 0. The van der Waals surface area contributed by atoms with E-state index in [1.54, 1.807) is 0 Å². The van der Waals surface area contributed by atoms with Gasteiger partial charge in [-0.2, -0.15) is 0 Å². The molecule has 1 aliphatic heterocycles. The Bertz CT molecular complexity index is 224. The van der Waals surface area contributed by atoms with Crippen LogP contribution in [0.15, 0.2) is 0 Å². The van der Waals surface area contributed by atoms with Crippen LogP contribution in [0.2, 0.25) is 0 Å². The molecule has 2 unspecified atom stereocenters. The number of hydrogen-bond donors (Lipinski definition) is 2. The molecule has 12 heavy (non-hydrogen) atoms. The summed E-state index contributed by atoms with van der Waals surface area (Å²) in [4.78, 5) is 0. The zero-order chi connectivity index (χ0) is 8.45. The molecule has 0 aromatic heterocycles. The van der Waals surface area contributed by atoms with Crippen LogP contribution in [0.3, 0.4) is 0 Å². The first-order chi connectivity index (χ1) is 5.62. The van der Waals surface area contributed by atoms with Crippen LogP contribution >= 0.6 is 0 Å². The fourth-order valence-electron chi connectivity index (χ4n) is 2.70. The lowest BCUT2D eigenvalue weighted by Crippen LogP contribution is -2.75. The van der Waals surface area contributed by atoms with Crippen molar-refractivity contribution in [3.8, 4) is 0 Å². The lowest BCUT2D eigenvalue weighted by atomic mass is 9.58. The first kappa shape index (κ1) is 7.30. The SMILES string of the molecule is OC1(C2(O)CCC23CCO3)CC1. The Morgan fingerprint density at radius 1 is 0.917 bits per heavy atom. The van der Waals surface area contributed by atoms with Gasteiger partial charge < -0.3 is 14.9 Å². The minimum Gasteiger partial charge on any atom is -0.387 e. The highest BCUT2D eigenvalue weighted by Crippen LogP contribution is 2.63. The highest BCUT2D eigenvalue weighted by molar-refractivity contribution is 5.26. The molecule has 1 heterocycles. The predicted molar refractivity (Wildman–Crippen MR) is 41.7 cm³/mol. The molecule has 2 N–H and O–H groups in total. The van der Waals surface area contributed by atoms with Crippen molar-refractivity contribution >= 4 is 0 Å². The molecule has 2 atom stereocenters. The van der Waals surface area contributed by atoms with Gasteiger partial charge in [0.15, 0.2) is 0 Å². The largest absolute Gasteiger partial charge is 0.387 e. The van der Waals surface area contributed by atoms with E-state index in [0.717, 1.165) is 32.3 Å². The molecule has 2 aliphatic carbocycles. The van der Waals surface area contributed by atoms with Gasteiger partial charge in [-0.15, -0.1) is 0 Å². The summed E-state index contributed by atoms with van der Waals surface area (Å²) >= 11 is 0. The molecule has 3 fully saturated rings. The van der Waals surface area contributed by atoms with Gasteiger partial charge in [0.25, 0.3) is 0 Å². The Morgan fingerprint density at radius 2 is 1.58 bits per heavy atom. The maximum Gasteiger partial charge on any atom is 0.122 e. The molecular formula is C9H14O3. The van der Waals surface area contributed by atoms with Crippen LogP contribution in [0, 0.1) is 0 Å². The second kappa shape index (κ2) is 1.72. The summed E-state index contributed by atoms with van der Waals surface area (Å²) < 4.78 is 5.43. The zero-order valence-corrected chi connectivity index (χ0v) is 7.05. The predicted octanol–water partition coefficient (Wildman–Crippen LogP) is 0.195. The normalized spacial score (nSPS) is 54.5. The molecule has 1 saturated heterocycles.